The lowest BCUT2D eigenvalue weighted by Crippen LogP contribution is -2.15. The van der Waals surface area contributed by atoms with E-state index < -0.39 is 10.0 Å². The van der Waals surface area contributed by atoms with Crippen LogP contribution in [0.15, 0.2) is 23.2 Å². The smallest absolute Gasteiger partial charge is 0.265 e. The van der Waals surface area contributed by atoms with Crippen molar-refractivity contribution in [3.05, 3.63) is 35.2 Å². The normalized spacial score (nSPS) is 11.5. The maximum Gasteiger partial charge on any atom is 0.265 e. The molecule has 0 amide bonds. The van der Waals surface area contributed by atoms with Gasteiger partial charge < -0.3 is 5.73 Å². The van der Waals surface area contributed by atoms with Crippen molar-refractivity contribution in [2.75, 3.05) is 10.5 Å². The van der Waals surface area contributed by atoms with Gasteiger partial charge in [0.1, 0.15) is 4.90 Å². The number of rotatable bonds is 3. The molecule has 1 aromatic heterocycles. The van der Waals surface area contributed by atoms with Crippen LogP contribution >= 0.6 is 0 Å². The van der Waals surface area contributed by atoms with E-state index in [0.717, 1.165) is 5.56 Å². The third-order valence-electron chi connectivity index (χ3n) is 3.02. The summed E-state index contributed by atoms with van der Waals surface area (Å²) in [6.07, 6.45) is 1.29. The van der Waals surface area contributed by atoms with Crippen LogP contribution in [0.5, 0.6) is 0 Å². The van der Waals surface area contributed by atoms with E-state index in [2.05, 4.69) is 14.9 Å². The number of nitrogens with zero attached hydrogens (tertiary/aromatic N) is 1. The number of nitrogens with one attached hydrogen (secondary N) is 2. The van der Waals surface area contributed by atoms with E-state index in [0.29, 0.717) is 22.6 Å². The van der Waals surface area contributed by atoms with Crippen molar-refractivity contribution in [3.8, 4) is 0 Å². The molecule has 6 nitrogen and oxygen atoms in total. The lowest BCUT2D eigenvalue weighted by molar-refractivity contribution is 0.600. The number of aryl methyl sites for hydroxylation is 2. The number of aromatic amines is 1. The number of hydrogen-bond acceptors (Lipinski definition) is 4. The van der Waals surface area contributed by atoms with Crippen LogP contribution in [0, 0.1) is 20.8 Å². The van der Waals surface area contributed by atoms with E-state index in [1.54, 1.807) is 26.0 Å². The average Bonchev–Trinajstić information content (AvgIpc) is 2.77. The molecular weight excluding hydrogens is 264 g/mol. The number of aromatic nitrogens is 2. The van der Waals surface area contributed by atoms with E-state index in [-0.39, 0.29) is 4.90 Å². The van der Waals surface area contributed by atoms with Gasteiger partial charge in [-0.05, 0) is 38.0 Å². The average molecular weight is 280 g/mol. The Kier molecular flexibility index (Phi) is 3.23. The molecule has 0 fully saturated rings. The van der Waals surface area contributed by atoms with Crippen LogP contribution in [-0.4, -0.2) is 18.6 Å². The molecule has 7 heteroatoms. The fraction of sp³-hybridized carbons (Fsp3) is 0.250. The predicted octanol–water partition coefficient (Wildman–Crippen LogP) is 1.72. The first-order chi connectivity index (χ1) is 8.83. The Bertz CT molecular complexity index is 719. The molecule has 0 saturated carbocycles. The topological polar surface area (TPSA) is 101 Å². The molecule has 0 radical (unpaired) electrons. The Morgan fingerprint density at radius 3 is 2.53 bits per heavy atom. The van der Waals surface area contributed by atoms with Gasteiger partial charge in [0.2, 0.25) is 0 Å². The van der Waals surface area contributed by atoms with Gasteiger partial charge in [0, 0.05) is 5.69 Å². The first-order valence-electron chi connectivity index (χ1n) is 5.71. The monoisotopic (exact) mass is 280 g/mol. The number of anilines is 2. The van der Waals surface area contributed by atoms with Gasteiger partial charge in [-0.15, -0.1) is 0 Å². The Morgan fingerprint density at radius 2 is 1.95 bits per heavy atom. The highest BCUT2D eigenvalue weighted by Gasteiger charge is 2.20. The van der Waals surface area contributed by atoms with Crippen molar-refractivity contribution < 1.29 is 8.42 Å². The van der Waals surface area contributed by atoms with Crippen molar-refractivity contribution in [1.82, 2.24) is 10.2 Å². The number of nitrogen functional groups attached to an aromatic ring is 1. The number of nitrogens with two attached hydrogens (primary N) is 1. The van der Waals surface area contributed by atoms with Gasteiger partial charge in [-0.25, -0.2) is 8.42 Å². The van der Waals surface area contributed by atoms with Crippen LogP contribution in [0.4, 0.5) is 11.4 Å². The van der Waals surface area contributed by atoms with Crippen LogP contribution in [-0.2, 0) is 10.0 Å². The quantitative estimate of drug-likeness (QED) is 0.745. The zero-order valence-electron chi connectivity index (χ0n) is 11.0. The lowest BCUT2D eigenvalue weighted by atomic mass is 10.1. The molecule has 0 aliphatic rings. The second kappa shape index (κ2) is 4.58. The number of sulfonamides is 1. The Labute approximate surface area is 112 Å². The third kappa shape index (κ3) is 2.41. The van der Waals surface area contributed by atoms with Crippen molar-refractivity contribution in [2.24, 2.45) is 0 Å². The Morgan fingerprint density at radius 1 is 1.26 bits per heavy atom. The molecule has 102 valence electrons. The molecular formula is C12H16N4O2S. The van der Waals surface area contributed by atoms with Gasteiger partial charge in [0.05, 0.1) is 17.6 Å². The molecule has 0 aliphatic heterocycles. The molecule has 0 unspecified atom stereocenters. The summed E-state index contributed by atoms with van der Waals surface area (Å²) in [7, 11) is -3.66. The molecule has 0 aliphatic carbocycles. The minimum Gasteiger partial charge on any atom is -0.398 e. The maximum atomic E-state index is 12.3. The van der Waals surface area contributed by atoms with Crippen LogP contribution in [0.2, 0.25) is 0 Å². The molecule has 0 bridgehead atoms. The second-order valence-corrected chi connectivity index (χ2v) is 6.09. The van der Waals surface area contributed by atoms with Crippen molar-refractivity contribution in [2.45, 2.75) is 25.7 Å². The Hall–Kier alpha value is -2.02. The maximum absolute atomic E-state index is 12.3. The minimum absolute atomic E-state index is 0.133. The molecule has 4 N–H and O–H groups in total. The molecule has 1 heterocycles. The highest BCUT2D eigenvalue weighted by atomic mass is 32.2. The molecule has 2 rings (SSSR count). The van der Waals surface area contributed by atoms with Gasteiger partial charge in [0.25, 0.3) is 10.0 Å². The summed E-state index contributed by atoms with van der Waals surface area (Å²) in [5.74, 6) is 0. The Balaban J connectivity index is 2.48. The van der Waals surface area contributed by atoms with E-state index in [4.69, 9.17) is 5.73 Å². The summed E-state index contributed by atoms with van der Waals surface area (Å²) in [5, 5.41) is 6.33. The van der Waals surface area contributed by atoms with Crippen LogP contribution in [0.25, 0.3) is 0 Å². The number of hydrogen-bond donors (Lipinski definition) is 3. The SMILES string of the molecule is Cc1ccc(N)c(C)c1NS(=O)(=O)c1cn[nH]c1C. The van der Waals surface area contributed by atoms with E-state index >= 15 is 0 Å². The number of H-pyrrole nitrogens is 1. The summed E-state index contributed by atoms with van der Waals surface area (Å²) >= 11 is 0. The number of benzene rings is 1. The van der Waals surface area contributed by atoms with Crippen molar-refractivity contribution >= 4 is 21.4 Å². The molecule has 0 spiro atoms. The summed E-state index contributed by atoms with van der Waals surface area (Å²) in [4.78, 5) is 0.133. The second-order valence-electron chi connectivity index (χ2n) is 4.44. The van der Waals surface area contributed by atoms with Gasteiger partial charge in [-0.2, -0.15) is 5.10 Å². The van der Waals surface area contributed by atoms with Gasteiger partial charge in [-0.3, -0.25) is 9.82 Å². The molecule has 1 aromatic carbocycles. The van der Waals surface area contributed by atoms with Gasteiger partial charge >= 0.3 is 0 Å². The highest BCUT2D eigenvalue weighted by Crippen LogP contribution is 2.27. The summed E-state index contributed by atoms with van der Waals surface area (Å²) < 4.78 is 27.1. The van der Waals surface area contributed by atoms with Gasteiger partial charge in [-0.1, -0.05) is 6.07 Å². The zero-order valence-corrected chi connectivity index (χ0v) is 11.8. The van der Waals surface area contributed by atoms with Crippen LogP contribution in [0.1, 0.15) is 16.8 Å². The van der Waals surface area contributed by atoms with Gasteiger partial charge in [0.15, 0.2) is 0 Å². The summed E-state index contributed by atoms with van der Waals surface area (Å²) in [6.45, 7) is 5.26. The fourth-order valence-electron chi connectivity index (χ4n) is 1.82. The molecule has 2 aromatic rings. The van der Waals surface area contributed by atoms with Crippen LogP contribution < -0.4 is 10.5 Å². The van der Waals surface area contributed by atoms with E-state index in [1.807, 2.05) is 6.92 Å². The summed E-state index contributed by atoms with van der Waals surface area (Å²) in [5.41, 5.74) is 8.89. The van der Waals surface area contributed by atoms with E-state index in [1.165, 1.54) is 6.20 Å². The first kappa shape index (κ1) is 13.4. The van der Waals surface area contributed by atoms with Crippen molar-refractivity contribution in [3.63, 3.8) is 0 Å². The molecule has 0 saturated heterocycles. The standard InChI is InChI=1S/C12H16N4O2S/c1-7-4-5-10(13)8(2)12(7)16-19(17,18)11-6-14-15-9(11)3/h4-6,16H,13H2,1-3H3,(H,14,15). The molecule has 19 heavy (non-hydrogen) atoms. The largest absolute Gasteiger partial charge is 0.398 e. The van der Waals surface area contributed by atoms with Crippen LogP contribution in [0.3, 0.4) is 0 Å². The minimum atomic E-state index is -3.66. The highest BCUT2D eigenvalue weighted by molar-refractivity contribution is 7.92. The molecule has 0 atom stereocenters. The summed E-state index contributed by atoms with van der Waals surface area (Å²) in [6, 6.07) is 3.54. The first-order valence-corrected chi connectivity index (χ1v) is 7.19. The lowest BCUT2D eigenvalue weighted by Gasteiger charge is -2.14. The third-order valence-corrected chi connectivity index (χ3v) is 4.49. The fourth-order valence-corrected chi connectivity index (χ4v) is 3.15. The van der Waals surface area contributed by atoms with Crippen molar-refractivity contribution in [1.29, 1.82) is 0 Å². The zero-order chi connectivity index (χ0) is 14.2. The predicted molar refractivity (Wildman–Crippen MR) is 74.5 cm³/mol. The van der Waals surface area contributed by atoms with E-state index in [9.17, 15) is 8.42 Å².